The Labute approximate surface area is 120 Å². The highest BCUT2D eigenvalue weighted by Crippen LogP contribution is 2.27. The molecule has 1 aromatic heterocycles. The summed E-state index contributed by atoms with van der Waals surface area (Å²) in [6.07, 6.45) is 1.48. The van der Waals surface area contributed by atoms with E-state index < -0.39 is 5.97 Å². The quantitative estimate of drug-likeness (QED) is 0.820. The summed E-state index contributed by atoms with van der Waals surface area (Å²) in [5, 5.41) is 0. The maximum absolute atomic E-state index is 11.4. The zero-order valence-electron chi connectivity index (χ0n) is 9.35. The molecule has 0 radical (unpaired) electrons. The number of rotatable bonds is 2. The molecule has 0 aliphatic heterocycles. The lowest BCUT2D eigenvalue weighted by Gasteiger charge is -2.08. The van der Waals surface area contributed by atoms with E-state index in [-0.39, 0.29) is 11.5 Å². The largest absolute Gasteiger partial charge is 0.464 e. The second-order valence-electron chi connectivity index (χ2n) is 3.44. The summed E-state index contributed by atoms with van der Waals surface area (Å²) < 4.78 is 7.95. The number of hydrogen-bond acceptors (Lipinski definition) is 4. The van der Waals surface area contributed by atoms with Crippen molar-refractivity contribution in [1.82, 2.24) is 9.55 Å². The van der Waals surface area contributed by atoms with Crippen molar-refractivity contribution in [3.05, 3.63) is 39.2 Å². The van der Waals surface area contributed by atoms with Crippen LogP contribution in [-0.2, 0) is 4.74 Å². The monoisotopic (exact) mass is 373 g/mol. The van der Waals surface area contributed by atoms with Crippen LogP contribution in [-0.4, -0.2) is 22.6 Å². The van der Waals surface area contributed by atoms with Gasteiger partial charge in [0.1, 0.15) is 12.1 Å². The first kappa shape index (κ1) is 13.1. The number of imidazole rings is 1. The lowest BCUT2D eigenvalue weighted by molar-refractivity contribution is 0.0596. The Morgan fingerprint density at radius 3 is 2.83 bits per heavy atom. The highest BCUT2D eigenvalue weighted by atomic mass is 79.9. The number of methoxy groups -OCH3 is 1. The zero-order chi connectivity index (χ0) is 13.3. The van der Waals surface area contributed by atoms with Gasteiger partial charge in [-0.15, -0.1) is 0 Å². The highest BCUT2D eigenvalue weighted by Gasteiger charge is 2.18. The van der Waals surface area contributed by atoms with Gasteiger partial charge in [0, 0.05) is 8.95 Å². The summed E-state index contributed by atoms with van der Waals surface area (Å²) in [7, 11) is 1.29. The predicted octanol–water partition coefficient (Wildman–Crippen LogP) is 2.77. The number of anilines is 1. The lowest BCUT2D eigenvalue weighted by Crippen LogP contribution is -2.07. The first-order valence-electron chi connectivity index (χ1n) is 4.91. The number of nitrogens with zero attached hydrogens (tertiary/aromatic N) is 2. The van der Waals surface area contributed by atoms with E-state index in [4.69, 9.17) is 5.73 Å². The number of carbonyl (C=O) groups excluding carboxylic acids is 1. The van der Waals surface area contributed by atoms with Gasteiger partial charge < -0.3 is 10.5 Å². The van der Waals surface area contributed by atoms with Crippen molar-refractivity contribution in [2.45, 2.75) is 0 Å². The van der Waals surface area contributed by atoms with Crippen LogP contribution in [0, 0.1) is 0 Å². The van der Waals surface area contributed by atoms with Crippen LogP contribution in [0.25, 0.3) is 5.69 Å². The molecule has 0 saturated carbocycles. The fraction of sp³-hybridized carbons (Fsp3) is 0.0909. The Balaban J connectivity index is 2.55. The normalized spacial score (nSPS) is 10.4. The maximum Gasteiger partial charge on any atom is 0.360 e. The number of esters is 1. The molecule has 2 rings (SSSR count). The maximum atomic E-state index is 11.4. The minimum atomic E-state index is -0.558. The van der Waals surface area contributed by atoms with Crippen molar-refractivity contribution in [2.75, 3.05) is 12.8 Å². The molecule has 94 valence electrons. The molecule has 18 heavy (non-hydrogen) atoms. The molecular weight excluding hydrogens is 366 g/mol. The average molecular weight is 375 g/mol. The van der Waals surface area contributed by atoms with Crippen molar-refractivity contribution in [1.29, 1.82) is 0 Å². The molecule has 0 aliphatic carbocycles. The summed E-state index contributed by atoms with van der Waals surface area (Å²) in [4.78, 5) is 15.4. The molecule has 0 bridgehead atoms. The standard InChI is InChI=1S/C11H9Br2N3O2/c1-18-11(17)9-10(14)16(5-15-9)8-4-6(12)2-3-7(8)13/h2-5H,14H2,1H3. The van der Waals surface area contributed by atoms with E-state index in [2.05, 4.69) is 41.6 Å². The van der Waals surface area contributed by atoms with E-state index in [0.29, 0.717) is 0 Å². The molecule has 0 amide bonds. The number of carbonyl (C=O) groups is 1. The third kappa shape index (κ3) is 2.28. The molecule has 0 fully saturated rings. The van der Waals surface area contributed by atoms with Crippen LogP contribution in [0.2, 0.25) is 0 Å². The van der Waals surface area contributed by atoms with E-state index in [1.165, 1.54) is 13.4 Å². The van der Waals surface area contributed by atoms with Crippen LogP contribution in [0.15, 0.2) is 33.5 Å². The van der Waals surface area contributed by atoms with E-state index in [1.807, 2.05) is 18.2 Å². The molecule has 0 unspecified atom stereocenters. The molecule has 2 aromatic rings. The van der Waals surface area contributed by atoms with Crippen molar-refractivity contribution >= 4 is 43.6 Å². The minimum Gasteiger partial charge on any atom is -0.464 e. The fourth-order valence-electron chi connectivity index (χ4n) is 1.47. The molecule has 0 aliphatic rings. The number of nitrogens with two attached hydrogens (primary N) is 1. The predicted molar refractivity (Wildman–Crippen MR) is 74.7 cm³/mol. The lowest BCUT2D eigenvalue weighted by atomic mass is 10.3. The summed E-state index contributed by atoms with van der Waals surface area (Å²) in [6, 6.07) is 5.63. The van der Waals surface area contributed by atoms with Crippen molar-refractivity contribution in [2.24, 2.45) is 0 Å². The van der Waals surface area contributed by atoms with Gasteiger partial charge >= 0.3 is 5.97 Å². The minimum absolute atomic E-state index is 0.101. The van der Waals surface area contributed by atoms with E-state index >= 15 is 0 Å². The molecular formula is C11H9Br2N3O2. The van der Waals surface area contributed by atoms with Crippen LogP contribution in [0.1, 0.15) is 10.5 Å². The van der Waals surface area contributed by atoms with Crippen molar-refractivity contribution < 1.29 is 9.53 Å². The van der Waals surface area contributed by atoms with Crippen LogP contribution < -0.4 is 5.73 Å². The van der Waals surface area contributed by atoms with Crippen LogP contribution >= 0.6 is 31.9 Å². The van der Waals surface area contributed by atoms with Gasteiger partial charge in [-0.05, 0) is 34.1 Å². The summed E-state index contributed by atoms with van der Waals surface area (Å²) in [5.74, 6) is -0.321. The highest BCUT2D eigenvalue weighted by molar-refractivity contribution is 9.11. The molecule has 1 heterocycles. The van der Waals surface area contributed by atoms with Gasteiger partial charge in [-0.2, -0.15) is 0 Å². The van der Waals surface area contributed by atoms with Gasteiger partial charge in [0.25, 0.3) is 0 Å². The topological polar surface area (TPSA) is 70.1 Å². The van der Waals surface area contributed by atoms with Crippen LogP contribution in [0.3, 0.4) is 0 Å². The first-order chi connectivity index (χ1) is 8.54. The van der Waals surface area contributed by atoms with E-state index in [0.717, 1.165) is 14.6 Å². The number of ether oxygens (including phenoxy) is 1. The second kappa shape index (κ2) is 5.11. The van der Waals surface area contributed by atoms with Gasteiger partial charge in [-0.3, -0.25) is 4.57 Å². The third-order valence-electron chi connectivity index (χ3n) is 2.35. The summed E-state index contributed by atoms with van der Waals surface area (Å²) >= 11 is 6.80. The molecule has 0 spiro atoms. The Morgan fingerprint density at radius 1 is 1.44 bits per heavy atom. The first-order valence-corrected chi connectivity index (χ1v) is 6.49. The third-order valence-corrected chi connectivity index (χ3v) is 3.51. The van der Waals surface area contributed by atoms with Crippen molar-refractivity contribution in [3.63, 3.8) is 0 Å². The number of halogens is 2. The second-order valence-corrected chi connectivity index (χ2v) is 5.21. The zero-order valence-corrected chi connectivity index (χ0v) is 12.5. The van der Waals surface area contributed by atoms with E-state index in [9.17, 15) is 4.79 Å². The molecule has 0 atom stereocenters. The Morgan fingerprint density at radius 2 is 2.17 bits per heavy atom. The number of nitrogen functional groups attached to an aromatic ring is 1. The van der Waals surface area contributed by atoms with Gasteiger partial charge in [0.15, 0.2) is 5.69 Å². The fourth-order valence-corrected chi connectivity index (χ4v) is 2.26. The van der Waals surface area contributed by atoms with Crippen LogP contribution in [0.5, 0.6) is 0 Å². The Bertz CT molecular complexity index is 610. The van der Waals surface area contributed by atoms with Crippen molar-refractivity contribution in [3.8, 4) is 5.69 Å². The smallest absolute Gasteiger partial charge is 0.360 e. The summed E-state index contributed by atoms with van der Waals surface area (Å²) in [6.45, 7) is 0. The Kier molecular flexibility index (Phi) is 3.72. The molecule has 2 N–H and O–H groups in total. The van der Waals surface area contributed by atoms with E-state index in [1.54, 1.807) is 4.57 Å². The van der Waals surface area contributed by atoms with Gasteiger partial charge in [-0.1, -0.05) is 15.9 Å². The van der Waals surface area contributed by atoms with Gasteiger partial charge in [-0.25, -0.2) is 9.78 Å². The SMILES string of the molecule is COC(=O)c1ncn(-c2cc(Br)ccc2Br)c1N. The van der Waals surface area contributed by atoms with Crippen LogP contribution in [0.4, 0.5) is 5.82 Å². The average Bonchev–Trinajstić information content (AvgIpc) is 2.73. The number of aromatic nitrogens is 2. The summed E-state index contributed by atoms with van der Waals surface area (Å²) in [5.41, 5.74) is 6.78. The number of benzene rings is 1. The van der Waals surface area contributed by atoms with Gasteiger partial charge in [0.05, 0.1) is 12.8 Å². The molecule has 7 heteroatoms. The molecule has 5 nitrogen and oxygen atoms in total. The van der Waals surface area contributed by atoms with Gasteiger partial charge in [0.2, 0.25) is 0 Å². The Hall–Kier alpha value is -1.34. The molecule has 0 saturated heterocycles. The number of hydrogen-bond donors (Lipinski definition) is 1. The molecule has 1 aromatic carbocycles.